The Kier molecular flexibility index (Phi) is 3.35. The molecule has 0 fully saturated rings. The Hall–Kier alpha value is -3.74. The Morgan fingerprint density at radius 1 is 0.923 bits per heavy atom. The number of aromatic nitrogens is 7. The summed E-state index contributed by atoms with van der Waals surface area (Å²) in [5, 5.41) is 8.85. The number of nitrogens with zero attached hydrogens (tertiary/aromatic N) is 6. The molecule has 4 aromatic heterocycles. The van der Waals surface area contributed by atoms with Gasteiger partial charge in [0, 0.05) is 18.6 Å². The molecule has 0 saturated heterocycles. The van der Waals surface area contributed by atoms with E-state index in [2.05, 4.69) is 20.2 Å². The second-order valence-electron chi connectivity index (χ2n) is 6.00. The zero-order valence-corrected chi connectivity index (χ0v) is 13.8. The third-order valence-electron chi connectivity index (χ3n) is 4.21. The van der Waals surface area contributed by atoms with E-state index in [0.29, 0.717) is 6.54 Å². The minimum atomic E-state index is 0.630. The molecule has 0 aliphatic carbocycles. The third kappa shape index (κ3) is 2.55. The predicted molar refractivity (Wildman–Crippen MR) is 97.8 cm³/mol. The first-order valence-corrected chi connectivity index (χ1v) is 8.28. The van der Waals surface area contributed by atoms with E-state index < -0.39 is 0 Å². The molecule has 26 heavy (non-hydrogen) atoms. The molecule has 0 unspecified atom stereocenters. The van der Waals surface area contributed by atoms with Crippen LogP contribution in [0.1, 0.15) is 5.56 Å². The topological polar surface area (TPSA) is 77.2 Å². The van der Waals surface area contributed by atoms with Crippen molar-refractivity contribution in [3.8, 4) is 17.1 Å². The minimum Gasteiger partial charge on any atom is -0.335 e. The summed E-state index contributed by atoms with van der Waals surface area (Å²) >= 11 is 0. The lowest BCUT2D eigenvalue weighted by Crippen LogP contribution is -2.02. The van der Waals surface area contributed by atoms with Crippen molar-refractivity contribution >= 4 is 11.2 Å². The van der Waals surface area contributed by atoms with Crippen LogP contribution in [0.25, 0.3) is 28.2 Å². The molecule has 7 heteroatoms. The molecule has 7 nitrogen and oxygen atoms in total. The van der Waals surface area contributed by atoms with Crippen molar-refractivity contribution < 1.29 is 0 Å². The second-order valence-corrected chi connectivity index (χ2v) is 6.00. The molecule has 126 valence electrons. The van der Waals surface area contributed by atoms with Crippen LogP contribution in [0.15, 0.2) is 73.4 Å². The Labute approximate surface area is 149 Å². The van der Waals surface area contributed by atoms with Gasteiger partial charge < -0.3 is 4.98 Å². The first-order chi connectivity index (χ1) is 12.9. The van der Waals surface area contributed by atoms with Gasteiger partial charge >= 0.3 is 0 Å². The van der Waals surface area contributed by atoms with Gasteiger partial charge in [-0.15, -0.1) is 0 Å². The van der Waals surface area contributed by atoms with Gasteiger partial charge in [0.1, 0.15) is 11.3 Å². The van der Waals surface area contributed by atoms with Crippen LogP contribution in [0, 0.1) is 0 Å². The number of benzene rings is 1. The molecule has 0 saturated carbocycles. The van der Waals surface area contributed by atoms with Crippen molar-refractivity contribution in [2.24, 2.45) is 0 Å². The van der Waals surface area contributed by atoms with Gasteiger partial charge in [-0.1, -0.05) is 24.3 Å². The molecule has 0 aliphatic heterocycles. The third-order valence-corrected chi connectivity index (χ3v) is 4.21. The standard InChI is InChI=1S/C19H15N7/c1-2-6-16(7-3-1)25-13-15(10-21-25)18-23-17-11-22-26(19(17)24-18)12-14-5-4-8-20-9-14/h1-11,13H,12H2,(H,23,24). The van der Waals surface area contributed by atoms with Crippen molar-refractivity contribution in [2.75, 3.05) is 0 Å². The van der Waals surface area contributed by atoms with Crippen LogP contribution in [0.3, 0.4) is 0 Å². The van der Waals surface area contributed by atoms with Crippen molar-refractivity contribution in [1.29, 1.82) is 0 Å². The van der Waals surface area contributed by atoms with Crippen molar-refractivity contribution in [2.45, 2.75) is 6.54 Å². The van der Waals surface area contributed by atoms with Gasteiger partial charge in [-0.2, -0.15) is 10.2 Å². The van der Waals surface area contributed by atoms with E-state index in [9.17, 15) is 0 Å². The number of nitrogens with one attached hydrogen (secondary N) is 1. The lowest BCUT2D eigenvalue weighted by atomic mass is 10.3. The van der Waals surface area contributed by atoms with Crippen LogP contribution in [0.4, 0.5) is 0 Å². The minimum absolute atomic E-state index is 0.630. The molecule has 1 N–H and O–H groups in total. The number of H-pyrrole nitrogens is 1. The largest absolute Gasteiger partial charge is 0.335 e. The zero-order chi connectivity index (χ0) is 17.3. The normalized spacial score (nSPS) is 11.2. The number of hydrogen-bond donors (Lipinski definition) is 1. The Bertz CT molecular complexity index is 1150. The van der Waals surface area contributed by atoms with Crippen LogP contribution in [0.2, 0.25) is 0 Å². The van der Waals surface area contributed by atoms with Gasteiger partial charge in [0.05, 0.1) is 30.2 Å². The molecule has 5 rings (SSSR count). The molecule has 0 spiro atoms. The van der Waals surface area contributed by atoms with Crippen LogP contribution in [-0.2, 0) is 6.54 Å². The fourth-order valence-electron chi connectivity index (χ4n) is 2.93. The van der Waals surface area contributed by atoms with Gasteiger partial charge in [0.25, 0.3) is 0 Å². The maximum Gasteiger partial charge on any atom is 0.177 e. The van der Waals surface area contributed by atoms with Gasteiger partial charge in [-0.05, 0) is 23.8 Å². The van der Waals surface area contributed by atoms with Crippen molar-refractivity contribution in [3.05, 3.63) is 79.0 Å². The molecule has 4 heterocycles. The van der Waals surface area contributed by atoms with Crippen molar-refractivity contribution in [3.63, 3.8) is 0 Å². The molecule has 1 aromatic carbocycles. The summed E-state index contributed by atoms with van der Waals surface area (Å²) in [7, 11) is 0. The van der Waals surface area contributed by atoms with E-state index in [1.54, 1.807) is 12.4 Å². The summed E-state index contributed by atoms with van der Waals surface area (Å²) in [6, 6.07) is 13.9. The second kappa shape index (κ2) is 5.96. The number of imidazole rings is 1. The van der Waals surface area contributed by atoms with Crippen LogP contribution in [0.5, 0.6) is 0 Å². The van der Waals surface area contributed by atoms with E-state index in [1.165, 1.54) is 0 Å². The van der Waals surface area contributed by atoms with Gasteiger partial charge in [-0.3, -0.25) is 4.98 Å². The summed E-state index contributed by atoms with van der Waals surface area (Å²) < 4.78 is 3.71. The highest BCUT2D eigenvalue weighted by molar-refractivity contribution is 5.75. The molecule has 0 radical (unpaired) electrons. The van der Waals surface area contributed by atoms with Gasteiger partial charge in [-0.25, -0.2) is 14.3 Å². The van der Waals surface area contributed by atoms with E-state index in [0.717, 1.165) is 33.8 Å². The van der Waals surface area contributed by atoms with Crippen LogP contribution in [-0.4, -0.2) is 34.5 Å². The average molecular weight is 341 g/mol. The maximum absolute atomic E-state index is 4.72. The molecule has 0 amide bonds. The molecule has 0 aliphatic rings. The Morgan fingerprint density at radius 2 is 1.85 bits per heavy atom. The smallest absolute Gasteiger partial charge is 0.177 e. The summed E-state index contributed by atoms with van der Waals surface area (Å²) in [6.07, 6.45) is 9.17. The number of para-hydroxylation sites is 1. The molecular weight excluding hydrogens is 326 g/mol. The summed E-state index contributed by atoms with van der Waals surface area (Å²) in [5.41, 5.74) is 4.74. The highest BCUT2D eigenvalue weighted by atomic mass is 15.3. The quantitative estimate of drug-likeness (QED) is 0.545. The average Bonchev–Trinajstić information content (AvgIpc) is 3.40. The Balaban J connectivity index is 1.48. The number of fused-ring (bicyclic) bond motifs is 1. The van der Waals surface area contributed by atoms with E-state index >= 15 is 0 Å². The number of aromatic amines is 1. The number of rotatable bonds is 4. The SMILES string of the molecule is c1ccc(-n2cc(-c3nc4c(cnn4Cc4cccnc4)[nH]3)cn2)cc1. The first kappa shape index (κ1) is 14.6. The summed E-state index contributed by atoms with van der Waals surface area (Å²) in [6.45, 7) is 0.630. The first-order valence-electron chi connectivity index (χ1n) is 8.28. The van der Waals surface area contributed by atoms with Crippen LogP contribution < -0.4 is 0 Å². The Morgan fingerprint density at radius 3 is 2.69 bits per heavy atom. The number of hydrogen-bond acceptors (Lipinski definition) is 4. The highest BCUT2D eigenvalue weighted by Crippen LogP contribution is 2.21. The molecular formula is C19H15N7. The van der Waals surface area contributed by atoms with Crippen molar-refractivity contribution in [1.82, 2.24) is 34.5 Å². The lowest BCUT2D eigenvalue weighted by Gasteiger charge is -2.00. The fourth-order valence-corrected chi connectivity index (χ4v) is 2.93. The summed E-state index contributed by atoms with van der Waals surface area (Å²) in [5.74, 6) is 0.777. The summed E-state index contributed by atoms with van der Waals surface area (Å²) in [4.78, 5) is 12.2. The fraction of sp³-hybridized carbons (Fsp3) is 0.0526. The monoisotopic (exact) mass is 341 g/mol. The van der Waals surface area contributed by atoms with Crippen LogP contribution >= 0.6 is 0 Å². The van der Waals surface area contributed by atoms with Gasteiger partial charge in [0.15, 0.2) is 5.65 Å². The predicted octanol–water partition coefficient (Wildman–Crippen LogP) is 3.06. The van der Waals surface area contributed by atoms with E-state index in [-0.39, 0.29) is 0 Å². The highest BCUT2D eigenvalue weighted by Gasteiger charge is 2.12. The van der Waals surface area contributed by atoms with Gasteiger partial charge in [0.2, 0.25) is 0 Å². The number of pyridine rings is 1. The van der Waals surface area contributed by atoms with E-state index in [1.807, 2.05) is 70.4 Å². The molecule has 5 aromatic rings. The van der Waals surface area contributed by atoms with E-state index in [4.69, 9.17) is 4.98 Å². The molecule has 0 bridgehead atoms. The maximum atomic E-state index is 4.72. The molecule has 0 atom stereocenters. The zero-order valence-electron chi connectivity index (χ0n) is 13.8. The lowest BCUT2D eigenvalue weighted by molar-refractivity contribution is 0.702.